The van der Waals surface area contributed by atoms with Gasteiger partial charge in [0.1, 0.15) is 35.8 Å². The molecule has 0 radical (unpaired) electrons. The third kappa shape index (κ3) is 6.24. The molecule has 2 aliphatic heterocycles. The van der Waals surface area contributed by atoms with Gasteiger partial charge in [-0.15, -0.1) is 0 Å². The van der Waals surface area contributed by atoms with Crippen LogP contribution in [0.3, 0.4) is 0 Å². The molecule has 0 saturated carbocycles. The molecule has 46 heavy (non-hydrogen) atoms. The maximum absolute atomic E-state index is 11.7. The molecule has 0 bridgehead atoms. The van der Waals surface area contributed by atoms with Crippen LogP contribution in [0.15, 0.2) is 36.9 Å². The molecule has 2 saturated heterocycles. The Bertz CT molecular complexity index is 1560. The Hall–Kier alpha value is -2.49. The van der Waals surface area contributed by atoms with Gasteiger partial charge in [-0.25, -0.2) is 15.0 Å². The summed E-state index contributed by atoms with van der Waals surface area (Å²) < 4.78 is 35.0. The molecule has 4 atom stereocenters. The fourth-order valence-corrected chi connectivity index (χ4v) is 12.9. The van der Waals surface area contributed by atoms with Crippen LogP contribution in [0.1, 0.15) is 80.5 Å². The molecule has 252 valence electrons. The van der Waals surface area contributed by atoms with Crippen molar-refractivity contribution in [3.05, 3.63) is 42.5 Å². The number of benzene rings is 1. The lowest BCUT2D eigenvalue weighted by molar-refractivity contribution is -0.140. The first-order valence-corrected chi connectivity index (χ1v) is 21.0. The summed E-state index contributed by atoms with van der Waals surface area (Å²) in [6.07, 6.45) is 2.74. The van der Waals surface area contributed by atoms with E-state index in [2.05, 4.69) is 80.4 Å². The molecule has 4 heterocycles. The number of carbonyl (C=O) groups excluding carboxylic acids is 1. The number of esters is 1. The summed E-state index contributed by atoms with van der Waals surface area (Å²) >= 11 is 0. The second-order valence-corrected chi connectivity index (χ2v) is 25.8. The smallest absolute Gasteiger partial charge is 0.349 e. The molecular formula is C34H52N4O6Si2. The number of fused-ring (bicyclic) bond motifs is 2. The minimum Gasteiger partial charge on any atom is -0.469 e. The lowest BCUT2D eigenvalue weighted by atomic mass is 10.0. The standard InChI is InChI=1S/C34H52N4O6Si2/c1-32(2,3)45(11,12)43-29-28-24(19-41-46(44-28,33(4,5)6)34(7,8)9)42-31(29)38-21-37-27-26(35-20-36-30(27)38)23-15-13-14-22(18-23)16-17-25(39)40-10/h13-15,18,20-21,24,28-29,31H,16-17,19H2,1-12H3/t24-,28+,29-,31-/m1/s1. The first-order chi connectivity index (χ1) is 21.3. The van der Waals surface area contributed by atoms with Crippen molar-refractivity contribution in [2.45, 2.75) is 128 Å². The number of hydrogen-bond donors (Lipinski definition) is 0. The molecule has 0 unspecified atom stereocenters. The Balaban J connectivity index is 1.56. The summed E-state index contributed by atoms with van der Waals surface area (Å²) in [4.78, 5) is 25.9. The van der Waals surface area contributed by atoms with E-state index in [-0.39, 0.29) is 39.4 Å². The van der Waals surface area contributed by atoms with Crippen LogP contribution in [0.4, 0.5) is 0 Å². The van der Waals surface area contributed by atoms with Crippen molar-refractivity contribution >= 4 is 34.0 Å². The normalized spacial score (nSPS) is 23.8. The molecule has 2 aromatic heterocycles. The van der Waals surface area contributed by atoms with Gasteiger partial charge in [0.25, 0.3) is 0 Å². The van der Waals surface area contributed by atoms with E-state index in [9.17, 15) is 4.79 Å². The highest BCUT2D eigenvalue weighted by Crippen LogP contribution is 2.56. The zero-order chi connectivity index (χ0) is 33.9. The van der Waals surface area contributed by atoms with E-state index in [4.69, 9.17) is 32.7 Å². The number of aromatic nitrogens is 4. The Morgan fingerprint density at radius 1 is 1.04 bits per heavy atom. The molecule has 10 nitrogen and oxygen atoms in total. The van der Waals surface area contributed by atoms with Gasteiger partial charge in [-0.05, 0) is 36.2 Å². The van der Waals surface area contributed by atoms with E-state index in [0.29, 0.717) is 36.3 Å². The summed E-state index contributed by atoms with van der Waals surface area (Å²) in [5.41, 5.74) is 3.96. The molecule has 5 rings (SSSR count). The molecule has 2 aliphatic rings. The summed E-state index contributed by atoms with van der Waals surface area (Å²) in [6, 6.07) is 8.02. The van der Waals surface area contributed by atoms with Crippen LogP contribution >= 0.6 is 0 Å². The van der Waals surface area contributed by atoms with Gasteiger partial charge in [0.05, 0.1) is 20.0 Å². The molecule has 0 aliphatic carbocycles. The zero-order valence-corrected chi connectivity index (χ0v) is 31.6. The summed E-state index contributed by atoms with van der Waals surface area (Å²) in [5, 5.41) is -0.370. The van der Waals surface area contributed by atoms with Gasteiger partial charge >= 0.3 is 14.5 Å². The predicted octanol–water partition coefficient (Wildman–Crippen LogP) is 7.34. The third-order valence-electron chi connectivity index (χ3n) is 9.93. The van der Waals surface area contributed by atoms with Gasteiger partial charge < -0.3 is 22.8 Å². The van der Waals surface area contributed by atoms with Gasteiger partial charge in [-0.3, -0.25) is 9.36 Å². The number of methoxy groups -OCH3 is 1. The number of hydrogen-bond acceptors (Lipinski definition) is 9. The predicted molar refractivity (Wildman–Crippen MR) is 183 cm³/mol. The maximum Gasteiger partial charge on any atom is 0.349 e. The summed E-state index contributed by atoms with van der Waals surface area (Å²) in [5.74, 6) is -0.237. The zero-order valence-electron chi connectivity index (χ0n) is 29.6. The Morgan fingerprint density at radius 3 is 2.37 bits per heavy atom. The number of ether oxygens (including phenoxy) is 2. The van der Waals surface area contributed by atoms with Gasteiger partial charge in [0, 0.05) is 22.1 Å². The van der Waals surface area contributed by atoms with Crippen LogP contribution in [0.5, 0.6) is 0 Å². The minimum atomic E-state index is -2.80. The van der Waals surface area contributed by atoms with E-state index in [1.54, 1.807) is 12.7 Å². The lowest BCUT2D eigenvalue weighted by Gasteiger charge is -2.54. The number of aryl methyl sites for hydroxylation is 1. The highest BCUT2D eigenvalue weighted by atomic mass is 28.4. The number of rotatable bonds is 7. The van der Waals surface area contributed by atoms with Crippen LogP contribution in [0.2, 0.25) is 28.2 Å². The van der Waals surface area contributed by atoms with E-state index in [1.807, 2.05) is 28.8 Å². The Labute approximate surface area is 275 Å². The fourth-order valence-electron chi connectivity index (χ4n) is 6.66. The monoisotopic (exact) mass is 668 g/mol. The third-order valence-corrected chi connectivity index (χ3v) is 19.5. The SMILES string of the molecule is COC(=O)CCc1cccc(-c2ncnc3c2ncn3[C@@H]2O[C@@H]3CO[Si](C(C)(C)C)(C(C)(C)C)O[C@@H]3[C@H]2O[Si](C)(C)C(C)(C)C)c1. The van der Waals surface area contributed by atoms with Crippen molar-refractivity contribution in [2.75, 3.05) is 13.7 Å². The average Bonchev–Trinajstić information content (AvgIpc) is 3.55. The van der Waals surface area contributed by atoms with Gasteiger partial charge in [0.15, 0.2) is 20.2 Å². The Morgan fingerprint density at radius 2 is 1.74 bits per heavy atom. The molecule has 0 amide bonds. The van der Waals surface area contributed by atoms with Crippen LogP contribution in [-0.2, 0) is 34.0 Å². The Kier molecular flexibility index (Phi) is 9.24. The van der Waals surface area contributed by atoms with Crippen molar-refractivity contribution in [3.63, 3.8) is 0 Å². The second kappa shape index (κ2) is 12.2. The highest BCUT2D eigenvalue weighted by molar-refractivity contribution is 6.74. The summed E-state index contributed by atoms with van der Waals surface area (Å²) in [7, 11) is -3.67. The van der Waals surface area contributed by atoms with E-state index in [0.717, 1.165) is 11.1 Å². The minimum absolute atomic E-state index is 0.0192. The topological polar surface area (TPSA) is 107 Å². The number of carbonyl (C=O) groups is 1. The molecule has 0 spiro atoms. The van der Waals surface area contributed by atoms with Gasteiger partial charge in [-0.1, -0.05) is 80.5 Å². The molecule has 1 aromatic carbocycles. The molecule has 12 heteroatoms. The molecule has 3 aromatic rings. The van der Waals surface area contributed by atoms with Crippen LogP contribution in [0, 0.1) is 0 Å². The molecular weight excluding hydrogens is 617 g/mol. The van der Waals surface area contributed by atoms with Crippen LogP contribution in [0.25, 0.3) is 22.4 Å². The molecule has 0 N–H and O–H groups in total. The van der Waals surface area contributed by atoms with Crippen molar-refractivity contribution in [1.82, 2.24) is 19.5 Å². The largest absolute Gasteiger partial charge is 0.469 e. The fraction of sp³-hybridized carbons (Fsp3) is 0.647. The van der Waals surface area contributed by atoms with E-state index < -0.39 is 23.1 Å². The maximum atomic E-state index is 11.7. The number of imidazole rings is 1. The summed E-state index contributed by atoms with van der Waals surface area (Å²) in [6.45, 7) is 25.1. The number of nitrogens with zero attached hydrogens (tertiary/aromatic N) is 4. The highest BCUT2D eigenvalue weighted by Gasteiger charge is 2.66. The van der Waals surface area contributed by atoms with E-state index >= 15 is 0 Å². The molecule has 2 fully saturated rings. The first kappa shape index (κ1) is 34.8. The van der Waals surface area contributed by atoms with Crippen LogP contribution in [-0.4, -0.2) is 74.4 Å². The average molecular weight is 669 g/mol. The first-order valence-electron chi connectivity index (χ1n) is 16.3. The lowest BCUT2D eigenvalue weighted by Crippen LogP contribution is -2.66. The van der Waals surface area contributed by atoms with Crippen molar-refractivity contribution in [1.29, 1.82) is 0 Å². The quantitative estimate of drug-likeness (QED) is 0.189. The second-order valence-electron chi connectivity index (χ2n) is 16.2. The van der Waals surface area contributed by atoms with Crippen molar-refractivity contribution in [2.24, 2.45) is 0 Å². The van der Waals surface area contributed by atoms with Crippen molar-refractivity contribution < 1.29 is 27.5 Å². The van der Waals surface area contributed by atoms with E-state index in [1.165, 1.54) is 7.11 Å². The van der Waals surface area contributed by atoms with Gasteiger partial charge in [0.2, 0.25) is 0 Å². The van der Waals surface area contributed by atoms with Crippen molar-refractivity contribution in [3.8, 4) is 11.3 Å². The van der Waals surface area contributed by atoms with Gasteiger partial charge in [-0.2, -0.15) is 0 Å². The van der Waals surface area contributed by atoms with Crippen LogP contribution < -0.4 is 0 Å².